The normalized spacial score (nSPS) is 38.2. The van der Waals surface area contributed by atoms with Crippen molar-refractivity contribution in [3.05, 3.63) is 0 Å². The fourth-order valence-corrected chi connectivity index (χ4v) is 1.75. The third kappa shape index (κ3) is 3.37. The average molecular weight is 265 g/mol. The lowest BCUT2D eigenvalue weighted by atomic mass is 9.95. The van der Waals surface area contributed by atoms with E-state index in [1.54, 1.807) is 0 Å². The molecule has 0 aromatic heterocycles. The molecule has 1 saturated heterocycles. The molecule has 0 unspecified atom stereocenters. The molecule has 6 atom stereocenters. The molecule has 0 spiro atoms. The molecule has 0 radical (unpaired) electrons. The van der Waals surface area contributed by atoms with Gasteiger partial charge in [-0.05, 0) is 0 Å². The topological polar surface area (TPSA) is 128 Å². The van der Waals surface area contributed by atoms with Crippen LogP contribution in [-0.2, 0) is 14.3 Å². The van der Waals surface area contributed by atoms with E-state index in [-0.39, 0.29) is 12.5 Å². The highest BCUT2D eigenvalue weighted by Gasteiger charge is 2.46. The predicted molar refractivity (Wildman–Crippen MR) is 58.4 cm³/mol. The third-order valence-electron chi connectivity index (χ3n) is 2.78. The molecule has 1 fully saturated rings. The minimum Gasteiger partial charge on any atom is -0.388 e. The number of methoxy groups -OCH3 is 1. The quantitative estimate of drug-likeness (QED) is 0.365. The largest absolute Gasteiger partial charge is 0.388 e. The molecule has 0 aromatic rings. The number of amides is 1. The fraction of sp³-hybridized carbons (Fsp3) is 0.900. The first-order valence-corrected chi connectivity index (χ1v) is 5.53. The SMILES string of the molecule is CO[C@H]1O[C@H]([C@@H](O)CNC(C)=O)[C@@H](O)[C@H](O)[C@@H]1O. The second kappa shape index (κ2) is 6.41. The molecule has 106 valence electrons. The van der Waals surface area contributed by atoms with Gasteiger partial charge in [-0.25, -0.2) is 0 Å². The first kappa shape index (κ1) is 15.3. The van der Waals surface area contributed by atoms with Crippen molar-refractivity contribution in [3.63, 3.8) is 0 Å². The Morgan fingerprint density at radius 1 is 1.33 bits per heavy atom. The van der Waals surface area contributed by atoms with Gasteiger partial charge in [-0.15, -0.1) is 0 Å². The lowest BCUT2D eigenvalue weighted by molar-refractivity contribution is -0.303. The average Bonchev–Trinajstić information content (AvgIpc) is 2.33. The molecular formula is C10H19NO7. The minimum absolute atomic E-state index is 0.143. The van der Waals surface area contributed by atoms with Gasteiger partial charge in [0.1, 0.15) is 30.5 Å². The highest BCUT2D eigenvalue weighted by atomic mass is 16.7. The van der Waals surface area contributed by atoms with Crippen LogP contribution in [0.4, 0.5) is 0 Å². The molecule has 8 heteroatoms. The van der Waals surface area contributed by atoms with Crippen molar-refractivity contribution in [1.29, 1.82) is 0 Å². The predicted octanol–water partition coefficient (Wildman–Crippen LogP) is -3.06. The van der Waals surface area contributed by atoms with Crippen molar-refractivity contribution in [2.75, 3.05) is 13.7 Å². The summed E-state index contributed by atoms with van der Waals surface area (Å²) in [6.45, 7) is 1.14. The molecule has 0 saturated carbocycles. The van der Waals surface area contributed by atoms with E-state index in [1.807, 2.05) is 0 Å². The zero-order chi connectivity index (χ0) is 13.9. The lowest BCUT2D eigenvalue weighted by Crippen LogP contribution is -2.62. The molecule has 1 rings (SSSR count). The second-order valence-corrected chi connectivity index (χ2v) is 4.18. The van der Waals surface area contributed by atoms with Crippen molar-refractivity contribution in [1.82, 2.24) is 5.32 Å². The Bertz CT molecular complexity index is 285. The highest BCUT2D eigenvalue weighted by molar-refractivity contribution is 5.72. The summed E-state index contributed by atoms with van der Waals surface area (Å²) in [6.07, 6.45) is -7.94. The van der Waals surface area contributed by atoms with Crippen LogP contribution in [0.15, 0.2) is 0 Å². The van der Waals surface area contributed by atoms with E-state index in [4.69, 9.17) is 9.47 Å². The van der Waals surface area contributed by atoms with Gasteiger partial charge in [-0.1, -0.05) is 0 Å². The van der Waals surface area contributed by atoms with Crippen molar-refractivity contribution in [2.24, 2.45) is 0 Å². The molecule has 5 N–H and O–H groups in total. The van der Waals surface area contributed by atoms with Gasteiger partial charge in [0.05, 0.1) is 0 Å². The molecule has 1 amide bonds. The Morgan fingerprint density at radius 3 is 2.44 bits per heavy atom. The maximum atomic E-state index is 10.7. The van der Waals surface area contributed by atoms with E-state index in [1.165, 1.54) is 14.0 Å². The lowest BCUT2D eigenvalue weighted by Gasteiger charge is -2.41. The van der Waals surface area contributed by atoms with Crippen LogP contribution in [0.5, 0.6) is 0 Å². The van der Waals surface area contributed by atoms with Gasteiger partial charge in [0.15, 0.2) is 6.29 Å². The van der Waals surface area contributed by atoms with Crippen LogP contribution in [-0.4, -0.2) is 76.8 Å². The van der Waals surface area contributed by atoms with Crippen LogP contribution in [0.25, 0.3) is 0 Å². The van der Waals surface area contributed by atoms with Crippen molar-refractivity contribution in [2.45, 2.75) is 43.7 Å². The van der Waals surface area contributed by atoms with Gasteiger partial charge in [0.2, 0.25) is 5.91 Å². The van der Waals surface area contributed by atoms with Gasteiger partial charge >= 0.3 is 0 Å². The number of hydrogen-bond acceptors (Lipinski definition) is 7. The number of nitrogens with one attached hydrogen (secondary N) is 1. The van der Waals surface area contributed by atoms with Crippen LogP contribution in [0.2, 0.25) is 0 Å². The molecule has 0 aliphatic carbocycles. The number of carbonyl (C=O) groups excluding carboxylic acids is 1. The maximum absolute atomic E-state index is 10.7. The van der Waals surface area contributed by atoms with Crippen molar-refractivity contribution >= 4 is 5.91 Å². The number of ether oxygens (including phenoxy) is 2. The van der Waals surface area contributed by atoms with E-state index < -0.39 is 36.8 Å². The van der Waals surface area contributed by atoms with Crippen molar-refractivity contribution < 1.29 is 34.7 Å². The molecule has 1 aliphatic heterocycles. The molecule has 0 aromatic carbocycles. The maximum Gasteiger partial charge on any atom is 0.216 e. The summed E-state index contributed by atoms with van der Waals surface area (Å²) in [6, 6.07) is 0. The number of hydrogen-bond donors (Lipinski definition) is 5. The summed E-state index contributed by atoms with van der Waals surface area (Å²) in [7, 11) is 1.26. The molecule has 1 aliphatic rings. The number of aliphatic hydroxyl groups is 4. The summed E-state index contributed by atoms with van der Waals surface area (Å²) in [5.41, 5.74) is 0. The Labute approximate surface area is 104 Å². The van der Waals surface area contributed by atoms with E-state index in [0.717, 1.165) is 0 Å². The van der Waals surface area contributed by atoms with Gasteiger partial charge < -0.3 is 35.2 Å². The van der Waals surface area contributed by atoms with Crippen LogP contribution in [0.1, 0.15) is 6.92 Å². The summed E-state index contributed by atoms with van der Waals surface area (Å²) < 4.78 is 9.93. The van der Waals surface area contributed by atoms with E-state index >= 15 is 0 Å². The minimum atomic E-state index is -1.50. The smallest absolute Gasteiger partial charge is 0.216 e. The van der Waals surface area contributed by atoms with Crippen LogP contribution < -0.4 is 5.32 Å². The van der Waals surface area contributed by atoms with Gasteiger partial charge in [-0.3, -0.25) is 4.79 Å². The fourth-order valence-electron chi connectivity index (χ4n) is 1.75. The number of rotatable bonds is 4. The van der Waals surface area contributed by atoms with E-state index in [9.17, 15) is 25.2 Å². The second-order valence-electron chi connectivity index (χ2n) is 4.18. The summed E-state index contributed by atoms with van der Waals surface area (Å²) in [5, 5.41) is 40.9. The Hall–Kier alpha value is -0.770. The first-order valence-electron chi connectivity index (χ1n) is 5.53. The Balaban J connectivity index is 2.65. The molecular weight excluding hydrogens is 246 g/mol. The zero-order valence-electron chi connectivity index (χ0n) is 10.2. The standard InChI is InChI=1S/C10H19NO7/c1-4(12)11-3-5(13)9-7(15)6(14)8(16)10(17-2)18-9/h5-10,13-16H,3H2,1-2H3,(H,11,12)/t5-,6-,7-,8-,9+,10-/m0/s1. The van der Waals surface area contributed by atoms with Gasteiger partial charge in [0.25, 0.3) is 0 Å². The summed E-state index contributed by atoms with van der Waals surface area (Å²) in [5.74, 6) is -0.344. The van der Waals surface area contributed by atoms with Crippen LogP contribution in [0.3, 0.4) is 0 Å². The van der Waals surface area contributed by atoms with E-state index in [0.29, 0.717) is 0 Å². The molecule has 18 heavy (non-hydrogen) atoms. The van der Waals surface area contributed by atoms with Crippen LogP contribution >= 0.6 is 0 Å². The Morgan fingerprint density at radius 2 is 1.94 bits per heavy atom. The first-order chi connectivity index (χ1) is 8.38. The van der Waals surface area contributed by atoms with E-state index in [2.05, 4.69) is 5.32 Å². The Kier molecular flexibility index (Phi) is 5.45. The van der Waals surface area contributed by atoms with Crippen molar-refractivity contribution in [3.8, 4) is 0 Å². The van der Waals surface area contributed by atoms with Crippen LogP contribution in [0, 0.1) is 0 Å². The molecule has 8 nitrogen and oxygen atoms in total. The zero-order valence-corrected chi connectivity index (χ0v) is 10.2. The highest BCUT2D eigenvalue weighted by Crippen LogP contribution is 2.23. The third-order valence-corrected chi connectivity index (χ3v) is 2.78. The molecule has 0 bridgehead atoms. The van der Waals surface area contributed by atoms with Gasteiger partial charge in [0, 0.05) is 20.6 Å². The monoisotopic (exact) mass is 265 g/mol. The molecule has 1 heterocycles. The number of aliphatic hydroxyl groups excluding tert-OH is 4. The summed E-state index contributed by atoms with van der Waals surface area (Å²) >= 11 is 0. The van der Waals surface area contributed by atoms with Gasteiger partial charge in [-0.2, -0.15) is 0 Å². The number of carbonyl (C=O) groups is 1. The summed E-state index contributed by atoms with van der Waals surface area (Å²) in [4.78, 5) is 10.7.